The van der Waals surface area contributed by atoms with Crippen LogP contribution in [0.1, 0.15) is 62.1 Å². The van der Waals surface area contributed by atoms with Crippen LogP contribution in [0, 0.1) is 6.92 Å². The first-order valence-corrected chi connectivity index (χ1v) is 9.99. The summed E-state index contributed by atoms with van der Waals surface area (Å²) >= 11 is 1.62. The highest BCUT2D eigenvalue weighted by Crippen LogP contribution is 2.35. The number of hydrogen-bond acceptors (Lipinski definition) is 4. The zero-order valence-electron chi connectivity index (χ0n) is 14.3. The lowest BCUT2D eigenvalue weighted by molar-refractivity contribution is -0.121. The fourth-order valence-electron chi connectivity index (χ4n) is 4.16. The molecule has 2 heterocycles. The molecule has 1 aromatic heterocycles. The molecule has 0 aromatic carbocycles. The Balaban J connectivity index is 1.58. The van der Waals surface area contributed by atoms with E-state index in [0.29, 0.717) is 6.42 Å². The fourth-order valence-corrected chi connectivity index (χ4v) is 4.78. The molecule has 0 bridgehead atoms. The predicted molar refractivity (Wildman–Crippen MR) is 94.8 cm³/mol. The maximum Gasteiger partial charge on any atom is 0.226 e. The molecule has 0 atom stereocenters. The Hall–Kier alpha value is -0.940. The third-order valence-corrected chi connectivity index (χ3v) is 6.26. The minimum atomic E-state index is 0.122. The summed E-state index contributed by atoms with van der Waals surface area (Å²) in [6.45, 7) is 5.22. The Bertz CT molecular complexity index is 516. The monoisotopic (exact) mass is 335 g/mol. The van der Waals surface area contributed by atoms with Gasteiger partial charge in [-0.05, 0) is 45.7 Å². The van der Waals surface area contributed by atoms with Gasteiger partial charge in [-0.1, -0.05) is 25.7 Å². The van der Waals surface area contributed by atoms with Gasteiger partial charge in [0.05, 0.1) is 17.1 Å². The van der Waals surface area contributed by atoms with Gasteiger partial charge in [0, 0.05) is 17.5 Å². The lowest BCUT2D eigenvalue weighted by atomic mass is 9.79. The first kappa shape index (κ1) is 16.9. The summed E-state index contributed by atoms with van der Waals surface area (Å²) in [5.41, 5.74) is 1.12. The molecule has 128 valence electrons. The summed E-state index contributed by atoms with van der Waals surface area (Å²) in [6, 6.07) is 0. The molecule has 1 amide bonds. The summed E-state index contributed by atoms with van der Waals surface area (Å²) < 4.78 is 0. The van der Waals surface area contributed by atoms with Crippen molar-refractivity contribution in [1.29, 1.82) is 0 Å². The number of nitrogens with one attached hydrogen (secondary N) is 1. The van der Waals surface area contributed by atoms with Gasteiger partial charge in [0.15, 0.2) is 0 Å². The molecule has 0 unspecified atom stereocenters. The van der Waals surface area contributed by atoms with Crippen molar-refractivity contribution in [3.8, 4) is 0 Å². The first-order valence-electron chi connectivity index (χ1n) is 9.11. The van der Waals surface area contributed by atoms with Crippen molar-refractivity contribution < 1.29 is 4.79 Å². The molecule has 1 saturated heterocycles. The van der Waals surface area contributed by atoms with E-state index in [9.17, 15) is 4.79 Å². The topological polar surface area (TPSA) is 45.2 Å². The van der Waals surface area contributed by atoms with E-state index in [1.165, 1.54) is 64.5 Å². The Kier molecular flexibility index (Phi) is 5.70. The Labute approximate surface area is 143 Å². The molecule has 0 spiro atoms. The second-order valence-corrected chi connectivity index (χ2v) is 8.21. The standard InChI is InChI=1S/C18H29N3OS/c1-15-20-16(13-23-15)12-17(22)19-14-18(8-4-2-5-9-18)21-10-6-3-7-11-21/h13H,2-12,14H2,1H3,(H,19,22). The van der Waals surface area contributed by atoms with Gasteiger partial charge in [0.1, 0.15) is 0 Å². The van der Waals surface area contributed by atoms with E-state index in [1.54, 1.807) is 11.3 Å². The van der Waals surface area contributed by atoms with Crippen LogP contribution in [-0.4, -0.2) is 41.0 Å². The third-order valence-electron chi connectivity index (χ3n) is 5.43. The van der Waals surface area contributed by atoms with Crippen LogP contribution in [0.5, 0.6) is 0 Å². The Morgan fingerprint density at radius 2 is 1.91 bits per heavy atom. The van der Waals surface area contributed by atoms with Crippen LogP contribution in [0.3, 0.4) is 0 Å². The number of thiazole rings is 1. The maximum atomic E-state index is 12.3. The number of hydrogen-bond donors (Lipinski definition) is 1. The summed E-state index contributed by atoms with van der Waals surface area (Å²) in [5.74, 6) is 0.122. The van der Waals surface area contributed by atoms with Gasteiger partial charge in [0.25, 0.3) is 0 Å². The average molecular weight is 336 g/mol. The van der Waals surface area contributed by atoms with Gasteiger partial charge in [0.2, 0.25) is 5.91 Å². The molecule has 3 rings (SSSR count). The van der Waals surface area contributed by atoms with Crippen molar-refractivity contribution in [1.82, 2.24) is 15.2 Å². The van der Waals surface area contributed by atoms with Crippen molar-refractivity contribution >= 4 is 17.2 Å². The van der Waals surface area contributed by atoms with Crippen LogP contribution >= 0.6 is 11.3 Å². The van der Waals surface area contributed by atoms with E-state index in [-0.39, 0.29) is 11.4 Å². The van der Waals surface area contributed by atoms with E-state index < -0.39 is 0 Å². The minimum Gasteiger partial charge on any atom is -0.354 e. The lowest BCUT2D eigenvalue weighted by Crippen LogP contribution is -2.58. The molecule has 0 radical (unpaired) electrons. The van der Waals surface area contributed by atoms with Gasteiger partial charge in [-0.2, -0.15) is 0 Å². The Morgan fingerprint density at radius 3 is 2.57 bits per heavy atom. The largest absolute Gasteiger partial charge is 0.354 e. The van der Waals surface area contributed by atoms with Gasteiger partial charge >= 0.3 is 0 Å². The van der Waals surface area contributed by atoms with Gasteiger partial charge in [-0.25, -0.2) is 4.98 Å². The first-order chi connectivity index (χ1) is 11.2. The van der Waals surface area contributed by atoms with E-state index in [0.717, 1.165) is 17.2 Å². The highest BCUT2D eigenvalue weighted by molar-refractivity contribution is 7.09. The van der Waals surface area contributed by atoms with Crippen molar-refractivity contribution in [2.75, 3.05) is 19.6 Å². The van der Waals surface area contributed by atoms with Crippen LogP contribution in [0.4, 0.5) is 0 Å². The average Bonchev–Trinajstić information content (AvgIpc) is 2.99. The number of carbonyl (C=O) groups is 1. The number of piperidine rings is 1. The van der Waals surface area contributed by atoms with Crippen LogP contribution in [0.15, 0.2) is 5.38 Å². The normalized spacial score (nSPS) is 22.0. The summed E-state index contributed by atoms with van der Waals surface area (Å²) in [5, 5.41) is 6.26. The van der Waals surface area contributed by atoms with Crippen molar-refractivity contribution in [3.63, 3.8) is 0 Å². The maximum absolute atomic E-state index is 12.3. The van der Waals surface area contributed by atoms with Crippen LogP contribution in [-0.2, 0) is 11.2 Å². The van der Waals surface area contributed by atoms with E-state index >= 15 is 0 Å². The molecule has 2 aliphatic rings. The lowest BCUT2D eigenvalue weighted by Gasteiger charge is -2.48. The van der Waals surface area contributed by atoms with Crippen LogP contribution in [0.25, 0.3) is 0 Å². The van der Waals surface area contributed by atoms with E-state index in [2.05, 4.69) is 15.2 Å². The SMILES string of the molecule is Cc1nc(CC(=O)NCC2(N3CCCCC3)CCCCC2)cs1. The molecule has 1 aliphatic heterocycles. The number of carbonyl (C=O) groups excluding carboxylic acids is 1. The van der Waals surface area contributed by atoms with Gasteiger partial charge < -0.3 is 5.32 Å². The van der Waals surface area contributed by atoms with Crippen molar-refractivity contribution in [2.45, 2.75) is 70.3 Å². The Morgan fingerprint density at radius 1 is 1.22 bits per heavy atom. The number of amides is 1. The number of aromatic nitrogens is 1. The second-order valence-electron chi connectivity index (χ2n) is 7.14. The van der Waals surface area contributed by atoms with Crippen molar-refractivity contribution in [2.24, 2.45) is 0 Å². The molecule has 1 aliphatic carbocycles. The summed E-state index contributed by atoms with van der Waals surface area (Å²) in [4.78, 5) is 19.4. The highest BCUT2D eigenvalue weighted by Gasteiger charge is 2.38. The predicted octanol–water partition coefficient (Wildman–Crippen LogP) is 3.30. The number of nitrogens with zero attached hydrogens (tertiary/aromatic N) is 2. The quantitative estimate of drug-likeness (QED) is 0.898. The van der Waals surface area contributed by atoms with Crippen LogP contribution < -0.4 is 5.32 Å². The zero-order chi connectivity index (χ0) is 16.1. The van der Waals surface area contributed by atoms with Gasteiger partial charge in [-0.3, -0.25) is 9.69 Å². The number of likely N-dealkylation sites (tertiary alicyclic amines) is 1. The molecule has 2 fully saturated rings. The molecular formula is C18H29N3OS. The summed E-state index contributed by atoms with van der Waals surface area (Å²) in [7, 11) is 0. The number of aryl methyl sites for hydroxylation is 1. The number of rotatable bonds is 5. The zero-order valence-corrected chi connectivity index (χ0v) is 15.1. The molecule has 1 N–H and O–H groups in total. The minimum absolute atomic E-state index is 0.122. The third kappa shape index (κ3) is 4.32. The second kappa shape index (κ2) is 7.75. The molecule has 4 nitrogen and oxygen atoms in total. The summed E-state index contributed by atoms with van der Waals surface area (Å²) in [6.07, 6.45) is 10.8. The molecule has 1 aromatic rings. The van der Waals surface area contributed by atoms with Crippen LogP contribution in [0.2, 0.25) is 0 Å². The van der Waals surface area contributed by atoms with Crippen molar-refractivity contribution in [3.05, 3.63) is 16.1 Å². The highest BCUT2D eigenvalue weighted by atomic mass is 32.1. The van der Waals surface area contributed by atoms with Gasteiger partial charge in [-0.15, -0.1) is 11.3 Å². The van der Waals surface area contributed by atoms with E-state index in [1.807, 2.05) is 12.3 Å². The molecule has 1 saturated carbocycles. The smallest absolute Gasteiger partial charge is 0.226 e. The molecule has 5 heteroatoms. The van der Waals surface area contributed by atoms with E-state index in [4.69, 9.17) is 0 Å². The molecular weight excluding hydrogens is 306 g/mol. The molecule has 23 heavy (non-hydrogen) atoms. The fraction of sp³-hybridized carbons (Fsp3) is 0.778.